The van der Waals surface area contributed by atoms with Gasteiger partial charge in [-0.1, -0.05) is 103 Å². The van der Waals surface area contributed by atoms with E-state index in [1.165, 1.54) is 43.4 Å². The van der Waals surface area contributed by atoms with Crippen LogP contribution < -0.4 is 0 Å². The summed E-state index contributed by atoms with van der Waals surface area (Å²) in [5.74, 6) is 0.803. The standard InChI is InChI=1S/C48H26N4O/c1-3-12-28(13-4-1)46-48(49-33-22-21-27-11-7-8-16-30(27)47(33)50-46)52-36-24-23-35-42-40-31(17-9-19-34(40)51(35)29-14-5-2-6-15-29)32-18-10-20-38-41(32)45-39(53-38)26-25-37(52)44(45)43(36)42/h1-26H. The molecule has 0 aliphatic heterocycles. The molecule has 244 valence electrons. The van der Waals surface area contributed by atoms with Crippen LogP contribution in [-0.4, -0.2) is 19.1 Å². The van der Waals surface area contributed by atoms with Crippen molar-refractivity contribution in [3.8, 4) is 22.8 Å². The van der Waals surface area contributed by atoms with E-state index in [4.69, 9.17) is 14.4 Å². The smallest absolute Gasteiger partial charge is 0.165 e. The van der Waals surface area contributed by atoms with Crippen LogP contribution in [0.3, 0.4) is 0 Å². The molecule has 0 aliphatic rings. The van der Waals surface area contributed by atoms with Gasteiger partial charge in [-0.05, 0) is 70.8 Å². The minimum Gasteiger partial charge on any atom is -0.456 e. The molecule has 0 fully saturated rings. The van der Waals surface area contributed by atoms with Gasteiger partial charge in [-0.2, -0.15) is 0 Å². The van der Waals surface area contributed by atoms with Crippen molar-refractivity contribution < 1.29 is 4.42 Å². The highest BCUT2D eigenvalue weighted by Gasteiger charge is 2.28. The SMILES string of the molecule is c1ccc(-c2nc3c(ccc4ccccc43)nc2-n2c3ccc4oc5cccc6c7cccc8c7c7c(c3c4c56)c2ccc7n8-c2ccccc2)cc1. The first-order valence-electron chi connectivity index (χ1n) is 18.0. The second-order valence-electron chi connectivity index (χ2n) is 14.1. The van der Waals surface area contributed by atoms with Gasteiger partial charge in [-0.25, -0.2) is 9.97 Å². The monoisotopic (exact) mass is 674 g/mol. The molecule has 5 nitrogen and oxygen atoms in total. The Balaban J connectivity index is 1.30. The number of benzene rings is 8. The van der Waals surface area contributed by atoms with Crippen LogP contribution in [0.15, 0.2) is 162 Å². The van der Waals surface area contributed by atoms with E-state index in [0.29, 0.717) is 0 Å². The van der Waals surface area contributed by atoms with Crippen molar-refractivity contribution in [2.45, 2.75) is 0 Å². The summed E-state index contributed by atoms with van der Waals surface area (Å²) in [7, 11) is 0. The summed E-state index contributed by atoms with van der Waals surface area (Å²) in [6, 6.07) is 56.0. The maximum atomic E-state index is 6.68. The number of aromatic nitrogens is 4. The van der Waals surface area contributed by atoms with Crippen molar-refractivity contribution in [2.75, 3.05) is 0 Å². The van der Waals surface area contributed by atoms with Gasteiger partial charge in [0.25, 0.3) is 0 Å². The molecule has 13 rings (SSSR count). The van der Waals surface area contributed by atoms with Crippen LogP contribution in [0.25, 0.3) is 121 Å². The van der Waals surface area contributed by atoms with Crippen LogP contribution in [0.1, 0.15) is 0 Å². The second kappa shape index (κ2) is 9.75. The predicted molar refractivity (Wildman–Crippen MR) is 218 cm³/mol. The maximum Gasteiger partial charge on any atom is 0.165 e. The average molecular weight is 675 g/mol. The average Bonchev–Trinajstić information content (AvgIpc) is 3.88. The molecule has 0 amide bonds. The molecular formula is C48H26N4O. The molecule has 0 saturated carbocycles. The summed E-state index contributed by atoms with van der Waals surface area (Å²) < 4.78 is 11.5. The minimum atomic E-state index is 0.803. The Morgan fingerprint density at radius 2 is 1.02 bits per heavy atom. The highest BCUT2D eigenvalue weighted by Crippen LogP contribution is 2.50. The summed E-state index contributed by atoms with van der Waals surface area (Å²) in [4.78, 5) is 11.1. The molecular weight excluding hydrogens is 649 g/mol. The summed E-state index contributed by atoms with van der Waals surface area (Å²) in [6.45, 7) is 0. The Bertz CT molecular complexity index is 3610. The molecule has 0 bridgehead atoms. The van der Waals surface area contributed by atoms with E-state index < -0.39 is 0 Å². The first-order valence-corrected chi connectivity index (χ1v) is 18.0. The van der Waals surface area contributed by atoms with Gasteiger partial charge in [0.05, 0.1) is 33.1 Å². The summed E-state index contributed by atoms with van der Waals surface area (Å²) in [6.07, 6.45) is 0. The fraction of sp³-hybridized carbons (Fsp3) is 0. The van der Waals surface area contributed by atoms with E-state index in [1.54, 1.807) is 0 Å². The molecule has 13 aromatic rings. The third-order valence-corrected chi connectivity index (χ3v) is 11.4. The Hall–Kier alpha value is -7.24. The zero-order valence-corrected chi connectivity index (χ0v) is 28.2. The highest BCUT2D eigenvalue weighted by atomic mass is 16.3. The summed E-state index contributed by atoms with van der Waals surface area (Å²) in [5, 5.41) is 11.8. The van der Waals surface area contributed by atoms with Crippen LogP contribution >= 0.6 is 0 Å². The number of hydrogen-bond acceptors (Lipinski definition) is 3. The fourth-order valence-corrected chi connectivity index (χ4v) is 9.30. The van der Waals surface area contributed by atoms with E-state index in [-0.39, 0.29) is 0 Å². The topological polar surface area (TPSA) is 48.8 Å². The number of rotatable bonds is 3. The van der Waals surface area contributed by atoms with Crippen LogP contribution in [0.4, 0.5) is 0 Å². The van der Waals surface area contributed by atoms with Gasteiger partial charge in [0, 0.05) is 49.0 Å². The van der Waals surface area contributed by atoms with Crippen LogP contribution in [-0.2, 0) is 0 Å². The molecule has 0 saturated heterocycles. The van der Waals surface area contributed by atoms with Crippen LogP contribution in [0.2, 0.25) is 0 Å². The molecule has 0 N–H and O–H groups in total. The van der Waals surface area contributed by atoms with E-state index in [2.05, 4.69) is 167 Å². The van der Waals surface area contributed by atoms with Crippen LogP contribution in [0, 0.1) is 0 Å². The van der Waals surface area contributed by atoms with Gasteiger partial charge < -0.3 is 8.98 Å². The molecule has 4 heterocycles. The van der Waals surface area contributed by atoms with Gasteiger partial charge in [-0.15, -0.1) is 0 Å². The molecule has 0 unspecified atom stereocenters. The molecule has 4 aromatic heterocycles. The third-order valence-electron chi connectivity index (χ3n) is 11.4. The third kappa shape index (κ3) is 3.42. The van der Waals surface area contributed by atoms with Gasteiger partial charge in [0.2, 0.25) is 0 Å². The highest BCUT2D eigenvalue weighted by molar-refractivity contribution is 6.42. The Kier molecular flexibility index (Phi) is 5.06. The molecule has 5 heteroatoms. The van der Waals surface area contributed by atoms with Crippen molar-refractivity contribution in [1.29, 1.82) is 0 Å². The maximum absolute atomic E-state index is 6.68. The number of nitrogens with zero attached hydrogens (tertiary/aromatic N) is 4. The molecule has 0 spiro atoms. The van der Waals surface area contributed by atoms with Gasteiger partial charge >= 0.3 is 0 Å². The number of hydrogen-bond donors (Lipinski definition) is 0. The van der Waals surface area contributed by atoms with Crippen molar-refractivity contribution in [3.63, 3.8) is 0 Å². The lowest BCUT2D eigenvalue weighted by Crippen LogP contribution is -2.04. The Morgan fingerprint density at radius 3 is 1.87 bits per heavy atom. The zero-order chi connectivity index (χ0) is 34.4. The fourth-order valence-electron chi connectivity index (χ4n) is 9.30. The lowest BCUT2D eigenvalue weighted by Gasteiger charge is -2.15. The quantitative estimate of drug-likeness (QED) is 0.175. The number of fused-ring (bicyclic) bond motifs is 4. The molecule has 9 aromatic carbocycles. The minimum absolute atomic E-state index is 0.803. The van der Waals surface area contributed by atoms with E-state index in [9.17, 15) is 0 Å². The first-order chi connectivity index (χ1) is 26.3. The van der Waals surface area contributed by atoms with Crippen molar-refractivity contribution in [1.82, 2.24) is 19.1 Å². The number of furan rings is 1. The molecule has 53 heavy (non-hydrogen) atoms. The lowest BCUT2D eigenvalue weighted by molar-refractivity contribution is 0.669. The van der Waals surface area contributed by atoms with Crippen molar-refractivity contribution in [3.05, 3.63) is 158 Å². The molecule has 0 aliphatic carbocycles. The van der Waals surface area contributed by atoms with Gasteiger partial charge in [0.1, 0.15) is 16.9 Å². The van der Waals surface area contributed by atoms with E-state index >= 15 is 0 Å². The second-order valence-corrected chi connectivity index (χ2v) is 14.1. The van der Waals surface area contributed by atoms with E-state index in [0.717, 1.165) is 77.5 Å². The van der Waals surface area contributed by atoms with Gasteiger partial charge in [-0.3, -0.25) is 4.57 Å². The summed E-state index contributed by atoms with van der Waals surface area (Å²) >= 11 is 0. The summed E-state index contributed by atoms with van der Waals surface area (Å²) in [5.41, 5.74) is 11.0. The zero-order valence-electron chi connectivity index (χ0n) is 28.2. The van der Waals surface area contributed by atoms with Crippen molar-refractivity contribution in [2.24, 2.45) is 0 Å². The largest absolute Gasteiger partial charge is 0.456 e. The lowest BCUT2D eigenvalue weighted by atomic mass is 9.95. The van der Waals surface area contributed by atoms with Crippen LogP contribution in [0.5, 0.6) is 0 Å². The molecule has 0 atom stereocenters. The van der Waals surface area contributed by atoms with E-state index in [1.807, 2.05) is 0 Å². The first kappa shape index (κ1) is 27.5. The van der Waals surface area contributed by atoms with Crippen molar-refractivity contribution >= 4 is 98.1 Å². The normalized spacial score (nSPS) is 12.5. The Labute approximate surface area is 301 Å². The Morgan fingerprint density at radius 1 is 0.396 bits per heavy atom. The predicted octanol–water partition coefficient (Wildman–Crippen LogP) is 12.6. The number of para-hydroxylation sites is 1. The molecule has 0 radical (unpaired) electrons. The van der Waals surface area contributed by atoms with Gasteiger partial charge in [0.15, 0.2) is 5.82 Å².